The average Bonchev–Trinajstić information content (AvgIpc) is 2.76. The van der Waals surface area contributed by atoms with Crippen LogP contribution in [-0.4, -0.2) is 16.1 Å². The molecule has 0 aliphatic heterocycles. The minimum absolute atomic E-state index is 0.120. The summed E-state index contributed by atoms with van der Waals surface area (Å²) < 4.78 is 5.29. The second-order valence-corrected chi connectivity index (χ2v) is 4.27. The summed E-state index contributed by atoms with van der Waals surface area (Å²) in [5.41, 5.74) is 1.93. The highest BCUT2D eigenvalue weighted by Gasteiger charge is 2.20. The summed E-state index contributed by atoms with van der Waals surface area (Å²) >= 11 is 6.16. The first kappa shape index (κ1) is 12.6. The number of nitrogens with zero attached hydrogens (tertiary/aromatic N) is 1. The van der Waals surface area contributed by atoms with Gasteiger partial charge in [-0.1, -0.05) is 30.7 Å². The molecule has 4 nitrogen and oxygen atoms in total. The number of hydrogen-bond acceptors (Lipinski definition) is 3. The molecule has 2 aromatic rings. The van der Waals surface area contributed by atoms with Crippen molar-refractivity contribution in [2.24, 2.45) is 0 Å². The quantitative estimate of drug-likeness (QED) is 0.921. The Morgan fingerprint density at radius 2 is 2.22 bits per heavy atom. The van der Waals surface area contributed by atoms with Gasteiger partial charge in [0.05, 0.1) is 16.3 Å². The molecule has 0 atom stereocenters. The summed E-state index contributed by atoms with van der Waals surface area (Å²) in [5, 5.41) is 9.54. The smallest absolute Gasteiger partial charge is 0.373 e. The number of oxazole rings is 1. The van der Waals surface area contributed by atoms with E-state index < -0.39 is 5.97 Å². The molecule has 1 aromatic heterocycles. The van der Waals surface area contributed by atoms with Gasteiger partial charge in [0.15, 0.2) is 0 Å². The molecule has 0 saturated carbocycles. The summed E-state index contributed by atoms with van der Waals surface area (Å²) in [6.07, 6.45) is 0.495. The van der Waals surface area contributed by atoms with E-state index in [4.69, 9.17) is 21.1 Å². The Balaban J connectivity index is 2.58. The largest absolute Gasteiger partial charge is 0.475 e. The molecule has 18 heavy (non-hydrogen) atoms. The number of rotatable bonds is 3. The molecule has 1 aromatic carbocycles. The lowest BCUT2D eigenvalue weighted by Crippen LogP contribution is -1.98. The van der Waals surface area contributed by atoms with E-state index in [9.17, 15) is 4.79 Å². The van der Waals surface area contributed by atoms with E-state index in [0.717, 1.165) is 5.56 Å². The van der Waals surface area contributed by atoms with Gasteiger partial charge in [-0.15, -0.1) is 0 Å². The van der Waals surface area contributed by atoms with Crippen molar-refractivity contribution in [3.05, 3.63) is 40.2 Å². The maximum Gasteiger partial charge on any atom is 0.373 e. The van der Waals surface area contributed by atoms with Gasteiger partial charge in [0, 0.05) is 0 Å². The van der Waals surface area contributed by atoms with Gasteiger partial charge in [-0.05, 0) is 25.0 Å². The molecule has 5 heteroatoms. The van der Waals surface area contributed by atoms with E-state index in [2.05, 4.69) is 4.98 Å². The topological polar surface area (TPSA) is 63.3 Å². The van der Waals surface area contributed by atoms with Crippen LogP contribution in [0.3, 0.4) is 0 Å². The van der Waals surface area contributed by atoms with E-state index in [-0.39, 0.29) is 11.7 Å². The Hall–Kier alpha value is -1.81. The molecule has 0 radical (unpaired) electrons. The first-order valence-corrected chi connectivity index (χ1v) is 5.90. The SMILES string of the molecule is CCc1nc(-c2cccc(C)c2Cl)oc1C(=O)O. The third-order valence-corrected chi connectivity index (χ3v) is 3.15. The predicted molar refractivity (Wildman–Crippen MR) is 68.0 cm³/mol. The van der Waals surface area contributed by atoms with Crippen molar-refractivity contribution in [2.45, 2.75) is 20.3 Å². The molecule has 1 N–H and O–H groups in total. The van der Waals surface area contributed by atoms with Crippen LogP contribution in [0.4, 0.5) is 0 Å². The summed E-state index contributed by atoms with van der Waals surface area (Å²) in [7, 11) is 0. The average molecular weight is 266 g/mol. The maximum absolute atomic E-state index is 11.0. The number of aromatic nitrogens is 1. The summed E-state index contributed by atoms with van der Waals surface area (Å²) in [5.74, 6) is -0.989. The number of carboxylic acids is 1. The van der Waals surface area contributed by atoms with Crippen molar-refractivity contribution in [2.75, 3.05) is 0 Å². The highest BCUT2D eigenvalue weighted by molar-refractivity contribution is 6.33. The molecule has 0 amide bonds. The van der Waals surface area contributed by atoms with Crippen LogP contribution >= 0.6 is 11.6 Å². The Bertz CT molecular complexity index is 604. The number of benzene rings is 1. The third-order valence-electron chi connectivity index (χ3n) is 2.65. The fraction of sp³-hybridized carbons (Fsp3) is 0.231. The molecule has 0 saturated heterocycles. The lowest BCUT2D eigenvalue weighted by atomic mass is 10.1. The molecule has 0 bridgehead atoms. The Kier molecular flexibility index (Phi) is 3.39. The van der Waals surface area contributed by atoms with Crippen LogP contribution in [0.5, 0.6) is 0 Å². The van der Waals surface area contributed by atoms with Gasteiger partial charge in [0.2, 0.25) is 11.7 Å². The van der Waals surface area contributed by atoms with Crippen molar-refractivity contribution in [3.8, 4) is 11.5 Å². The van der Waals surface area contributed by atoms with E-state index >= 15 is 0 Å². The number of aromatic carboxylic acids is 1. The van der Waals surface area contributed by atoms with Crippen LogP contribution in [0, 0.1) is 6.92 Å². The highest BCUT2D eigenvalue weighted by Crippen LogP contribution is 2.31. The van der Waals surface area contributed by atoms with Crippen LogP contribution < -0.4 is 0 Å². The van der Waals surface area contributed by atoms with Gasteiger partial charge < -0.3 is 9.52 Å². The normalized spacial score (nSPS) is 10.6. The summed E-state index contributed by atoms with van der Waals surface area (Å²) in [4.78, 5) is 15.2. The van der Waals surface area contributed by atoms with Crippen LogP contribution in [-0.2, 0) is 6.42 Å². The van der Waals surface area contributed by atoms with E-state index in [1.807, 2.05) is 26.0 Å². The lowest BCUT2D eigenvalue weighted by molar-refractivity contribution is 0.0662. The Morgan fingerprint density at radius 1 is 1.50 bits per heavy atom. The molecule has 0 aliphatic rings. The molecular weight excluding hydrogens is 254 g/mol. The van der Waals surface area contributed by atoms with Crippen LogP contribution in [0.1, 0.15) is 28.7 Å². The van der Waals surface area contributed by atoms with Crippen LogP contribution in [0.2, 0.25) is 5.02 Å². The minimum atomic E-state index is -1.12. The number of carboxylic acid groups (broad SMARTS) is 1. The monoisotopic (exact) mass is 265 g/mol. The van der Waals surface area contributed by atoms with Gasteiger partial charge in [0.1, 0.15) is 0 Å². The molecule has 2 rings (SSSR count). The Labute approximate surface area is 109 Å². The van der Waals surface area contributed by atoms with Crippen molar-refractivity contribution in [3.63, 3.8) is 0 Å². The molecule has 94 valence electrons. The van der Waals surface area contributed by atoms with Gasteiger partial charge in [-0.25, -0.2) is 9.78 Å². The lowest BCUT2D eigenvalue weighted by Gasteiger charge is -2.01. The van der Waals surface area contributed by atoms with Crippen LogP contribution in [0.25, 0.3) is 11.5 Å². The van der Waals surface area contributed by atoms with Gasteiger partial charge in [-0.3, -0.25) is 0 Å². The zero-order valence-electron chi connectivity index (χ0n) is 10.0. The highest BCUT2D eigenvalue weighted by atomic mass is 35.5. The molecular formula is C13H12ClNO3. The summed E-state index contributed by atoms with van der Waals surface area (Å²) in [6.45, 7) is 3.69. The first-order chi connectivity index (χ1) is 8.54. The number of hydrogen-bond donors (Lipinski definition) is 1. The fourth-order valence-corrected chi connectivity index (χ4v) is 1.89. The minimum Gasteiger partial charge on any atom is -0.475 e. The number of aryl methyl sites for hydroxylation is 2. The van der Waals surface area contributed by atoms with Crippen molar-refractivity contribution in [1.82, 2.24) is 4.98 Å². The second-order valence-electron chi connectivity index (χ2n) is 3.89. The molecule has 0 spiro atoms. The molecule has 0 fully saturated rings. The summed E-state index contributed by atoms with van der Waals surface area (Å²) in [6, 6.07) is 5.45. The molecule has 0 unspecified atom stereocenters. The van der Waals surface area contributed by atoms with Crippen molar-refractivity contribution < 1.29 is 14.3 Å². The van der Waals surface area contributed by atoms with E-state index in [1.54, 1.807) is 6.07 Å². The third kappa shape index (κ3) is 2.11. The van der Waals surface area contributed by atoms with E-state index in [1.165, 1.54) is 0 Å². The fourth-order valence-electron chi connectivity index (χ4n) is 1.69. The zero-order valence-corrected chi connectivity index (χ0v) is 10.8. The van der Waals surface area contributed by atoms with Crippen molar-refractivity contribution in [1.29, 1.82) is 0 Å². The number of halogens is 1. The maximum atomic E-state index is 11.0. The van der Waals surface area contributed by atoms with Gasteiger partial charge >= 0.3 is 5.97 Å². The predicted octanol–water partition coefficient (Wildman–Crippen LogP) is 3.56. The van der Waals surface area contributed by atoms with Gasteiger partial charge in [0.25, 0.3) is 0 Å². The zero-order chi connectivity index (χ0) is 13.3. The van der Waals surface area contributed by atoms with Gasteiger partial charge in [-0.2, -0.15) is 0 Å². The molecule has 1 heterocycles. The van der Waals surface area contributed by atoms with Crippen molar-refractivity contribution >= 4 is 17.6 Å². The molecule has 0 aliphatic carbocycles. The standard InChI is InChI=1S/C13H12ClNO3/c1-3-9-11(13(16)17)18-12(15-9)8-6-4-5-7(2)10(8)14/h4-6H,3H2,1-2H3,(H,16,17). The Morgan fingerprint density at radius 3 is 2.78 bits per heavy atom. The van der Waals surface area contributed by atoms with E-state index in [0.29, 0.717) is 22.7 Å². The first-order valence-electron chi connectivity index (χ1n) is 5.53. The second kappa shape index (κ2) is 4.82. The number of carbonyl (C=O) groups is 1. The van der Waals surface area contributed by atoms with Crippen LogP contribution in [0.15, 0.2) is 22.6 Å².